The molecule has 0 aliphatic rings. The second kappa shape index (κ2) is 6.04. The molecule has 0 unspecified atom stereocenters. The number of amides is 1. The molecule has 0 aromatic carbocycles. The van der Waals surface area contributed by atoms with Crippen LogP contribution in [0.5, 0.6) is 0 Å². The third-order valence-corrected chi connectivity index (χ3v) is 1.31. The van der Waals surface area contributed by atoms with E-state index in [-0.39, 0.29) is 6.09 Å². The summed E-state index contributed by atoms with van der Waals surface area (Å²) in [6.45, 7) is 4.46. The number of hydrogen-bond acceptors (Lipinski definition) is 2. The van der Waals surface area contributed by atoms with Crippen LogP contribution in [0.1, 0.15) is 0 Å². The van der Waals surface area contributed by atoms with Crippen molar-refractivity contribution >= 4 is 17.7 Å². The molecule has 1 amide bonds. The standard InChI is InChI=1S/C7H12ClNO2/c1-3-5-9(6-4-8)7(10)11-2/h3H,1,4-6H2,2H3. The largest absolute Gasteiger partial charge is 0.453 e. The fraction of sp³-hybridized carbons (Fsp3) is 0.571. The Morgan fingerprint density at radius 3 is 2.82 bits per heavy atom. The zero-order valence-corrected chi connectivity index (χ0v) is 7.30. The fourth-order valence-corrected chi connectivity index (χ4v) is 0.848. The average Bonchev–Trinajstić information content (AvgIpc) is 2.03. The predicted octanol–water partition coefficient (Wildman–Crippen LogP) is 1.48. The first-order valence-electron chi connectivity index (χ1n) is 3.26. The van der Waals surface area contributed by atoms with Gasteiger partial charge in [-0.05, 0) is 0 Å². The van der Waals surface area contributed by atoms with Crippen LogP contribution in [-0.4, -0.2) is 37.1 Å². The van der Waals surface area contributed by atoms with Crippen molar-refractivity contribution in [3.8, 4) is 0 Å². The summed E-state index contributed by atoms with van der Waals surface area (Å²) in [5.41, 5.74) is 0. The van der Waals surface area contributed by atoms with Crippen molar-refractivity contribution in [3.05, 3.63) is 12.7 Å². The van der Waals surface area contributed by atoms with Gasteiger partial charge in [0.05, 0.1) is 7.11 Å². The molecule has 0 aromatic rings. The summed E-state index contributed by atoms with van der Waals surface area (Å²) in [6.07, 6.45) is 1.26. The van der Waals surface area contributed by atoms with Gasteiger partial charge in [-0.25, -0.2) is 4.79 Å². The van der Waals surface area contributed by atoms with Crippen LogP contribution in [0.2, 0.25) is 0 Å². The van der Waals surface area contributed by atoms with Gasteiger partial charge in [-0.3, -0.25) is 0 Å². The molecule has 0 rings (SSSR count). The SMILES string of the molecule is C=CCN(CCCl)C(=O)OC. The van der Waals surface area contributed by atoms with Crippen molar-refractivity contribution in [2.24, 2.45) is 0 Å². The third-order valence-electron chi connectivity index (χ3n) is 1.14. The minimum atomic E-state index is -0.370. The van der Waals surface area contributed by atoms with Crippen LogP contribution in [0.15, 0.2) is 12.7 Å². The third kappa shape index (κ3) is 3.88. The molecule has 0 saturated heterocycles. The van der Waals surface area contributed by atoms with Crippen molar-refractivity contribution in [1.29, 1.82) is 0 Å². The predicted molar refractivity (Wildman–Crippen MR) is 44.9 cm³/mol. The molecule has 64 valence electrons. The highest BCUT2D eigenvalue weighted by Crippen LogP contribution is 1.93. The molecule has 0 spiro atoms. The minimum Gasteiger partial charge on any atom is -0.453 e. The van der Waals surface area contributed by atoms with E-state index in [4.69, 9.17) is 11.6 Å². The number of nitrogens with zero attached hydrogens (tertiary/aromatic N) is 1. The van der Waals surface area contributed by atoms with Crippen molar-refractivity contribution in [2.45, 2.75) is 0 Å². The smallest absolute Gasteiger partial charge is 0.409 e. The number of carbonyl (C=O) groups is 1. The lowest BCUT2D eigenvalue weighted by atomic mass is 10.5. The fourth-order valence-electron chi connectivity index (χ4n) is 0.644. The summed E-state index contributed by atoms with van der Waals surface area (Å²) >= 11 is 5.45. The Morgan fingerprint density at radius 2 is 2.45 bits per heavy atom. The molecule has 0 N–H and O–H groups in total. The van der Waals surface area contributed by atoms with E-state index in [0.29, 0.717) is 19.0 Å². The number of ether oxygens (including phenoxy) is 1. The summed E-state index contributed by atoms with van der Waals surface area (Å²) in [4.78, 5) is 12.4. The second-order valence-electron chi connectivity index (χ2n) is 1.89. The molecule has 0 aliphatic heterocycles. The zero-order valence-electron chi connectivity index (χ0n) is 6.55. The molecule has 0 bridgehead atoms. The van der Waals surface area contributed by atoms with E-state index in [1.165, 1.54) is 12.0 Å². The highest BCUT2D eigenvalue weighted by Gasteiger charge is 2.09. The quantitative estimate of drug-likeness (QED) is 0.481. The van der Waals surface area contributed by atoms with Gasteiger partial charge in [0.25, 0.3) is 0 Å². The normalized spacial score (nSPS) is 8.91. The van der Waals surface area contributed by atoms with Gasteiger partial charge in [0, 0.05) is 19.0 Å². The number of alkyl halides is 1. The molecule has 4 heteroatoms. The van der Waals surface area contributed by atoms with E-state index >= 15 is 0 Å². The molecule has 0 aliphatic carbocycles. The van der Waals surface area contributed by atoms with Crippen LogP contribution in [0.25, 0.3) is 0 Å². The van der Waals surface area contributed by atoms with Crippen LogP contribution in [0, 0.1) is 0 Å². The van der Waals surface area contributed by atoms with Gasteiger partial charge in [0.1, 0.15) is 0 Å². The summed E-state index contributed by atoms with van der Waals surface area (Å²) < 4.78 is 4.50. The van der Waals surface area contributed by atoms with E-state index in [1.807, 2.05) is 0 Å². The summed E-state index contributed by atoms with van der Waals surface area (Å²) in [6, 6.07) is 0. The molecule has 0 atom stereocenters. The van der Waals surface area contributed by atoms with Crippen molar-refractivity contribution in [1.82, 2.24) is 4.90 Å². The van der Waals surface area contributed by atoms with E-state index in [0.717, 1.165) is 0 Å². The Morgan fingerprint density at radius 1 is 1.82 bits per heavy atom. The van der Waals surface area contributed by atoms with E-state index < -0.39 is 0 Å². The Balaban J connectivity index is 3.86. The van der Waals surface area contributed by atoms with Gasteiger partial charge in [0.2, 0.25) is 0 Å². The molecule has 11 heavy (non-hydrogen) atoms. The van der Waals surface area contributed by atoms with Crippen molar-refractivity contribution in [2.75, 3.05) is 26.1 Å². The topological polar surface area (TPSA) is 29.5 Å². The molecule has 0 fully saturated rings. The molecule has 0 radical (unpaired) electrons. The Labute approximate surface area is 71.6 Å². The highest BCUT2D eigenvalue weighted by molar-refractivity contribution is 6.18. The van der Waals surface area contributed by atoms with Gasteiger partial charge in [-0.2, -0.15) is 0 Å². The Hall–Kier alpha value is -0.700. The van der Waals surface area contributed by atoms with Crippen molar-refractivity contribution in [3.63, 3.8) is 0 Å². The maximum absolute atomic E-state index is 10.9. The second-order valence-corrected chi connectivity index (χ2v) is 2.27. The highest BCUT2D eigenvalue weighted by atomic mass is 35.5. The van der Waals surface area contributed by atoms with Crippen molar-refractivity contribution < 1.29 is 9.53 Å². The Kier molecular flexibility index (Phi) is 5.65. The van der Waals surface area contributed by atoms with E-state index in [9.17, 15) is 4.79 Å². The molecule has 0 saturated carbocycles. The minimum absolute atomic E-state index is 0.370. The first kappa shape index (κ1) is 10.3. The Bertz CT molecular complexity index is 138. The van der Waals surface area contributed by atoms with E-state index in [2.05, 4.69) is 11.3 Å². The number of carbonyl (C=O) groups excluding carboxylic acids is 1. The summed E-state index contributed by atoms with van der Waals surface area (Å²) in [7, 11) is 1.34. The number of methoxy groups -OCH3 is 1. The van der Waals surface area contributed by atoms with Crippen LogP contribution in [-0.2, 0) is 4.74 Å². The van der Waals surface area contributed by atoms with Gasteiger partial charge in [-0.1, -0.05) is 6.08 Å². The van der Waals surface area contributed by atoms with Crippen LogP contribution in [0.4, 0.5) is 4.79 Å². The molecule has 0 aromatic heterocycles. The maximum Gasteiger partial charge on any atom is 0.409 e. The lowest BCUT2D eigenvalue weighted by Crippen LogP contribution is -2.32. The van der Waals surface area contributed by atoms with Crippen LogP contribution < -0.4 is 0 Å². The average molecular weight is 178 g/mol. The first-order valence-corrected chi connectivity index (χ1v) is 3.79. The van der Waals surface area contributed by atoms with Gasteiger partial charge >= 0.3 is 6.09 Å². The number of halogens is 1. The molecule has 3 nitrogen and oxygen atoms in total. The maximum atomic E-state index is 10.9. The lowest BCUT2D eigenvalue weighted by Gasteiger charge is -2.17. The van der Waals surface area contributed by atoms with Gasteiger partial charge < -0.3 is 9.64 Å². The van der Waals surface area contributed by atoms with Crippen LogP contribution in [0.3, 0.4) is 0 Å². The number of hydrogen-bond donors (Lipinski definition) is 0. The lowest BCUT2D eigenvalue weighted by molar-refractivity contribution is 0.130. The van der Waals surface area contributed by atoms with Gasteiger partial charge in [0.15, 0.2) is 0 Å². The van der Waals surface area contributed by atoms with Crippen LogP contribution >= 0.6 is 11.6 Å². The van der Waals surface area contributed by atoms with E-state index in [1.54, 1.807) is 6.08 Å². The number of rotatable bonds is 4. The summed E-state index contributed by atoms with van der Waals surface area (Å²) in [5, 5.41) is 0. The first-order chi connectivity index (χ1) is 5.26. The monoisotopic (exact) mass is 177 g/mol. The molecular weight excluding hydrogens is 166 g/mol. The zero-order chi connectivity index (χ0) is 8.69. The molecular formula is C7H12ClNO2. The molecule has 0 heterocycles. The van der Waals surface area contributed by atoms with Gasteiger partial charge in [-0.15, -0.1) is 18.2 Å². The summed E-state index contributed by atoms with van der Waals surface area (Å²) in [5.74, 6) is 0.406.